The summed E-state index contributed by atoms with van der Waals surface area (Å²) in [4.78, 5) is 10.7. The number of amides is 1. The van der Waals surface area contributed by atoms with Crippen LogP contribution in [0.5, 0.6) is 0 Å². The maximum atomic E-state index is 10.7. The van der Waals surface area contributed by atoms with Crippen LogP contribution in [0.25, 0.3) is 11.6 Å². The van der Waals surface area contributed by atoms with Crippen LogP contribution >= 0.6 is 8.73 Å². The van der Waals surface area contributed by atoms with Crippen LogP contribution in [0.1, 0.15) is 36.2 Å². The minimum Gasteiger partial charge on any atom is -0.366 e. The maximum absolute atomic E-state index is 10.7. The van der Waals surface area contributed by atoms with Gasteiger partial charge in [-0.15, -0.1) is 0 Å². The highest BCUT2D eigenvalue weighted by molar-refractivity contribution is 7.41. The second-order valence-electron chi connectivity index (χ2n) is 5.47. The molecular weight excluding hydrogens is 291 g/mol. The number of allylic oxidation sites excluding steroid dienone is 1. The van der Waals surface area contributed by atoms with E-state index >= 15 is 0 Å². The van der Waals surface area contributed by atoms with Gasteiger partial charge in [0.1, 0.15) is 0 Å². The largest absolute Gasteiger partial charge is 0.366 e. The Morgan fingerprint density at radius 3 is 2.91 bits per heavy atom. The highest BCUT2D eigenvalue weighted by Gasteiger charge is 2.17. The van der Waals surface area contributed by atoms with Crippen LogP contribution in [-0.4, -0.2) is 6.41 Å². The van der Waals surface area contributed by atoms with Gasteiger partial charge in [-0.05, 0) is 44.5 Å². The van der Waals surface area contributed by atoms with Gasteiger partial charge in [-0.1, -0.05) is 43.3 Å². The Balaban J connectivity index is 1.94. The normalized spacial score (nSPS) is 17.9. The molecule has 2 unspecified atom stereocenters. The van der Waals surface area contributed by atoms with E-state index in [2.05, 4.69) is 48.5 Å². The van der Waals surface area contributed by atoms with Crippen LogP contribution in [0.3, 0.4) is 0 Å². The number of carbonyl (C=O) groups excluding carboxylic acids is 1. The van der Waals surface area contributed by atoms with Crippen LogP contribution in [0.2, 0.25) is 0 Å². The molecule has 3 nitrogen and oxygen atoms in total. The average Bonchev–Trinajstić information content (AvgIpc) is 2.89. The first kappa shape index (κ1) is 14.8. The van der Waals surface area contributed by atoms with Gasteiger partial charge < -0.3 is 10.4 Å². The zero-order valence-electron chi connectivity index (χ0n) is 12.7. The molecule has 2 aromatic rings. The van der Waals surface area contributed by atoms with Gasteiger partial charge in [0, 0.05) is 22.6 Å². The van der Waals surface area contributed by atoms with E-state index in [1.807, 2.05) is 24.3 Å². The lowest BCUT2D eigenvalue weighted by Crippen LogP contribution is -1.97. The molecule has 3 rings (SSSR count). The van der Waals surface area contributed by atoms with Gasteiger partial charge in [0.05, 0.1) is 0 Å². The van der Waals surface area contributed by atoms with E-state index in [-0.39, 0.29) is 0 Å². The fourth-order valence-corrected chi connectivity index (χ4v) is 3.75. The monoisotopic (exact) mass is 310 g/mol. The second kappa shape index (κ2) is 6.33. The topological polar surface area (TPSA) is 41.1 Å². The van der Waals surface area contributed by atoms with Crippen molar-refractivity contribution in [1.29, 1.82) is 0 Å². The Labute approximate surface area is 132 Å². The first-order valence-corrected chi connectivity index (χ1v) is 8.40. The Kier molecular flexibility index (Phi) is 4.26. The molecule has 1 amide bonds. The van der Waals surface area contributed by atoms with Gasteiger partial charge in [0.2, 0.25) is 6.41 Å². The summed E-state index contributed by atoms with van der Waals surface area (Å²) in [6.45, 7) is 4.32. The molecule has 0 saturated carbocycles. The molecule has 112 valence electrons. The molecule has 2 N–H and O–H groups in total. The number of rotatable bonds is 4. The molecule has 0 fully saturated rings. The van der Waals surface area contributed by atoms with E-state index in [1.54, 1.807) is 0 Å². The zero-order chi connectivity index (χ0) is 15.5. The summed E-state index contributed by atoms with van der Waals surface area (Å²) < 4.78 is 0. The first-order valence-electron chi connectivity index (χ1n) is 7.32. The van der Waals surface area contributed by atoms with Crippen molar-refractivity contribution < 1.29 is 4.79 Å². The summed E-state index contributed by atoms with van der Waals surface area (Å²) in [6, 6.07) is 14.4. The molecule has 2 atom stereocenters. The molecule has 4 heteroatoms. The van der Waals surface area contributed by atoms with Crippen molar-refractivity contribution >= 4 is 38.2 Å². The molecule has 2 aromatic carbocycles. The second-order valence-corrected chi connectivity index (χ2v) is 6.88. The van der Waals surface area contributed by atoms with Gasteiger partial charge in [-0.3, -0.25) is 4.79 Å². The standard InChI is InChI=1S/C18H19N2OP/c1-12(15-5-3-4-6-17(15)19-11-21)9-14-7-8-16-13(2)22-20-18(16)10-14/h3-11,13,20,22H,1-2H3,(H,19,21)/b12-9-. The third-order valence-corrected chi connectivity index (χ3v) is 5.07. The number of nitrogens with one attached hydrogen (secondary N) is 2. The molecule has 1 heterocycles. The van der Waals surface area contributed by atoms with Crippen LogP contribution in [0.4, 0.5) is 11.4 Å². The molecule has 0 spiro atoms. The number of anilines is 2. The van der Waals surface area contributed by atoms with Crippen LogP contribution in [-0.2, 0) is 4.79 Å². The molecule has 0 bridgehead atoms. The number of hydrogen-bond donors (Lipinski definition) is 2. The van der Waals surface area contributed by atoms with Crippen molar-refractivity contribution in [2.45, 2.75) is 19.5 Å². The lowest BCUT2D eigenvalue weighted by atomic mass is 10.0. The average molecular weight is 310 g/mol. The fraction of sp³-hybridized carbons (Fsp3) is 0.167. The molecule has 22 heavy (non-hydrogen) atoms. The molecule has 1 aliphatic rings. The van der Waals surface area contributed by atoms with Crippen LogP contribution in [0.15, 0.2) is 42.5 Å². The van der Waals surface area contributed by atoms with E-state index in [0.717, 1.165) is 25.6 Å². The highest BCUT2D eigenvalue weighted by Crippen LogP contribution is 2.46. The van der Waals surface area contributed by atoms with E-state index in [4.69, 9.17) is 0 Å². The molecule has 0 aliphatic carbocycles. The molecule has 0 aromatic heterocycles. The number of fused-ring (bicyclic) bond motifs is 1. The van der Waals surface area contributed by atoms with Crippen LogP contribution < -0.4 is 10.4 Å². The van der Waals surface area contributed by atoms with Gasteiger partial charge in [0.15, 0.2) is 0 Å². The SMILES string of the molecule is C/C(=C/c1ccc2c(c1)NPC2C)c1ccccc1NC=O. The molecule has 0 radical (unpaired) electrons. The van der Waals surface area contributed by atoms with E-state index in [9.17, 15) is 4.79 Å². The maximum Gasteiger partial charge on any atom is 0.211 e. The Morgan fingerprint density at radius 1 is 1.27 bits per heavy atom. The molecule has 1 aliphatic heterocycles. The third-order valence-electron chi connectivity index (χ3n) is 3.92. The predicted molar refractivity (Wildman–Crippen MR) is 96.5 cm³/mol. The lowest BCUT2D eigenvalue weighted by Gasteiger charge is -2.09. The van der Waals surface area contributed by atoms with Crippen molar-refractivity contribution in [3.63, 3.8) is 0 Å². The van der Waals surface area contributed by atoms with Crippen molar-refractivity contribution in [3.05, 3.63) is 59.2 Å². The highest BCUT2D eigenvalue weighted by atomic mass is 31.1. The van der Waals surface area contributed by atoms with Crippen molar-refractivity contribution in [1.82, 2.24) is 0 Å². The third kappa shape index (κ3) is 2.90. The van der Waals surface area contributed by atoms with E-state index < -0.39 is 0 Å². The quantitative estimate of drug-likeness (QED) is 0.479. The Morgan fingerprint density at radius 2 is 2.09 bits per heavy atom. The Hall–Kier alpha value is -2.12. The number of hydrogen-bond acceptors (Lipinski definition) is 2. The van der Waals surface area contributed by atoms with Gasteiger partial charge >= 0.3 is 0 Å². The summed E-state index contributed by atoms with van der Waals surface area (Å²) in [5, 5.41) is 6.23. The van der Waals surface area contributed by atoms with Gasteiger partial charge in [-0.2, -0.15) is 0 Å². The van der Waals surface area contributed by atoms with Crippen molar-refractivity contribution in [2.75, 3.05) is 10.4 Å². The zero-order valence-corrected chi connectivity index (χ0v) is 13.7. The summed E-state index contributed by atoms with van der Waals surface area (Å²) in [5.41, 5.74) is 7.41. The smallest absolute Gasteiger partial charge is 0.211 e. The minimum atomic E-state index is 0.603. The minimum absolute atomic E-state index is 0.603. The van der Waals surface area contributed by atoms with Crippen molar-refractivity contribution in [3.8, 4) is 0 Å². The summed E-state index contributed by atoms with van der Waals surface area (Å²) >= 11 is 0. The van der Waals surface area contributed by atoms with E-state index in [1.165, 1.54) is 16.8 Å². The van der Waals surface area contributed by atoms with Crippen molar-refractivity contribution in [2.24, 2.45) is 0 Å². The molecule has 0 saturated heterocycles. The predicted octanol–water partition coefficient (Wildman–Crippen LogP) is 4.90. The van der Waals surface area contributed by atoms with E-state index in [0.29, 0.717) is 12.1 Å². The lowest BCUT2D eigenvalue weighted by molar-refractivity contribution is -0.105. The number of para-hydroxylation sites is 1. The summed E-state index contributed by atoms with van der Waals surface area (Å²) in [6.07, 6.45) is 2.87. The van der Waals surface area contributed by atoms with Gasteiger partial charge in [0.25, 0.3) is 0 Å². The number of carbonyl (C=O) groups is 1. The van der Waals surface area contributed by atoms with Gasteiger partial charge in [-0.25, -0.2) is 0 Å². The number of benzene rings is 2. The van der Waals surface area contributed by atoms with Crippen LogP contribution in [0, 0.1) is 0 Å². The first-order chi connectivity index (χ1) is 10.7. The summed E-state index contributed by atoms with van der Waals surface area (Å²) in [7, 11) is 0.764. The molecular formula is C18H19N2OP. The summed E-state index contributed by atoms with van der Waals surface area (Å²) in [5.74, 6) is 0. The Bertz CT molecular complexity index is 740. The fourth-order valence-electron chi connectivity index (χ4n) is 2.76.